The Labute approximate surface area is 165 Å². The molecule has 2 amide bonds. The Morgan fingerprint density at radius 2 is 1.86 bits per heavy atom. The van der Waals surface area contributed by atoms with Crippen LogP contribution in [0.2, 0.25) is 0 Å². The summed E-state index contributed by atoms with van der Waals surface area (Å²) in [6, 6.07) is 10.3. The molecule has 4 N–H and O–H groups in total. The van der Waals surface area contributed by atoms with Crippen LogP contribution in [-0.2, 0) is 4.79 Å². The van der Waals surface area contributed by atoms with Crippen LogP contribution in [-0.4, -0.2) is 33.7 Å². The van der Waals surface area contributed by atoms with Gasteiger partial charge in [0.2, 0.25) is 5.91 Å². The molecule has 0 aliphatic rings. The molecule has 0 saturated heterocycles. The van der Waals surface area contributed by atoms with Crippen LogP contribution in [0.15, 0.2) is 47.0 Å². The maximum Gasteiger partial charge on any atom is 0.273 e. The number of phenols is 2. The third-order valence-corrected chi connectivity index (χ3v) is 3.80. The fraction of sp³-hybridized carbons (Fsp3) is 0.150. The third kappa shape index (κ3) is 4.64. The van der Waals surface area contributed by atoms with Crippen molar-refractivity contribution in [3.05, 3.63) is 48.2 Å². The van der Waals surface area contributed by atoms with E-state index < -0.39 is 5.91 Å². The number of aromatic hydroxyl groups is 2. The molecule has 0 aliphatic carbocycles. The van der Waals surface area contributed by atoms with Crippen LogP contribution < -0.4 is 15.4 Å². The van der Waals surface area contributed by atoms with Gasteiger partial charge in [-0.2, -0.15) is 0 Å². The molecule has 9 nitrogen and oxygen atoms in total. The van der Waals surface area contributed by atoms with Gasteiger partial charge in [0.05, 0.1) is 0 Å². The van der Waals surface area contributed by atoms with Crippen molar-refractivity contribution >= 4 is 17.5 Å². The molecule has 0 bridgehead atoms. The number of ether oxygens (including phenoxy) is 1. The lowest BCUT2D eigenvalue weighted by Crippen LogP contribution is -2.22. The Morgan fingerprint density at radius 1 is 1.14 bits per heavy atom. The maximum absolute atomic E-state index is 11.9. The number of carbonyl (C=O) groups is 2. The number of hydrogen-bond donors (Lipinski definition) is 4. The Balaban J connectivity index is 1.94. The highest BCUT2D eigenvalue weighted by atomic mass is 16.5. The van der Waals surface area contributed by atoms with Gasteiger partial charge >= 0.3 is 0 Å². The average molecular weight is 397 g/mol. The maximum atomic E-state index is 11.9. The molecule has 0 aliphatic heterocycles. The van der Waals surface area contributed by atoms with E-state index in [-0.39, 0.29) is 40.2 Å². The molecular weight excluding hydrogens is 378 g/mol. The van der Waals surface area contributed by atoms with Crippen LogP contribution in [0.1, 0.15) is 24.3 Å². The van der Waals surface area contributed by atoms with Crippen LogP contribution >= 0.6 is 0 Å². The first-order valence-corrected chi connectivity index (χ1v) is 8.74. The monoisotopic (exact) mass is 397 g/mol. The minimum Gasteiger partial charge on any atom is -0.508 e. The molecule has 0 saturated carbocycles. The second-order valence-electron chi connectivity index (χ2n) is 6.08. The SMILES string of the molecule is CCNC(=O)c1cc(-c2c(O)cc(O)cc2Oc2ccc(NC(C)=O)cc2)on1. The fourth-order valence-corrected chi connectivity index (χ4v) is 2.60. The molecule has 9 heteroatoms. The van der Waals surface area contributed by atoms with Crippen molar-refractivity contribution in [3.8, 4) is 34.3 Å². The normalized spacial score (nSPS) is 10.4. The summed E-state index contributed by atoms with van der Waals surface area (Å²) in [5.74, 6) is -0.590. The summed E-state index contributed by atoms with van der Waals surface area (Å²) in [6.07, 6.45) is 0. The van der Waals surface area contributed by atoms with E-state index in [4.69, 9.17) is 9.26 Å². The van der Waals surface area contributed by atoms with Crippen molar-refractivity contribution in [1.29, 1.82) is 0 Å². The van der Waals surface area contributed by atoms with Crippen LogP contribution in [0.5, 0.6) is 23.0 Å². The lowest BCUT2D eigenvalue weighted by Gasteiger charge is -2.12. The van der Waals surface area contributed by atoms with Crippen molar-refractivity contribution < 1.29 is 29.1 Å². The van der Waals surface area contributed by atoms with Crippen LogP contribution in [0.3, 0.4) is 0 Å². The molecule has 1 heterocycles. The number of nitrogens with one attached hydrogen (secondary N) is 2. The van der Waals surface area contributed by atoms with Gasteiger partial charge in [0, 0.05) is 37.4 Å². The summed E-state index contributed by atoms with van der Waals surface area (Å²) in [5.41, 5.74) is 0.752. The van der Waals surface area contributed by atoms with Gasteiger partial charge in [0.1, 0.15) is 28.6 Å². The number of nitrogens with zero attached hydrogens (tertiary/aromatic N) is 1. The first-order valence-electron chi connectivity index (χ1n) is 8.74. The van der Waals surface area contributed by atoms with E-state index in [9.17, 15) is 19.8 Å². The summed E-state index contributed by atoms with van der Waals surface area (Å²) < 4.78 is 11.0. The van der Waals surface area contributed by atoms with Gasteiger partial charge in [0.25, 0.3) is 5.91 Å². The Kier molecular flexibility index (Phi) is 5.68. The van der Waals surface area contributed by atoms with E-state index in [0.717, 1.165) is 6.07 Å². The third-order valence-electron chi connectivity index (χ3n) is 3.80. The summed E-state index contributed by atoms with van der Waals surface area (Å²) in [6.45, 7) is 3.60. The van der Waals surface area contributed by atoms with Crippen LogP contribution in [0.25, 0.3) is 11.3 Å². The number of carbonyl (C=O) groups excluding carboxylic acids is 2. The number of benzene rings is 2. The Bertz CT molecular complexity index is 1040. The topological polar surface area (TPSA) is 134 Å². The number of amides is 2. The van der Waals surface area contributed by atoms with E-state index in [2.05, 4.69) is 15.8 Å². The molecule has 3 rings (SSSR count). The van der Waals surface area contributed by atoms with E-state index >= 15 is 0 Å². The highest BCUT2D eigenvalue weighted by molar-refractivity contribution is 5.93. The van der Waals surface area contributed by atoms with E-state index in [1.165, 1.54) is 19.1 Å². The summed E-state index contributed by atoms with van der Waals surface area (Å²) in [5, 5.41) is 29.1. The number of hydrogen-bond acceptors (Lipinski definition) is 7. The van der Waals surface area contributed by atoms with Gasteiger partial charge in [-0.3, -0.25) is 9.59 Å². The van der Waals surface area contributed by atoms with Gasteiger partial charge in [-0.15, -0.1) is 0 Å². The quantitative estimate of drug-likeness (QED) is 0.501. The fourth-order valence-electron chi connectivity index (χ4n) is 2.60. The van der Waals surface area contributed by atoms with Crippen molar-refractivity contribution in [2.75, 3.05) is 11.9 Å². The highest BCUT2D eigenvalue weighted by Gasteiger charge is 2.21. The lowest BCUT2D eigenvalue weighted by molar-refractivity contribution is -0.114. The predicted molar refractivity (Wildman–Crippen MR) is 104 cm³/mol. The molecule has 150 valence electrons. The van der Waals surface area contributed by atoms with Gasteiger partial charge in [-0.05, 0) is 31.2 Å². The van der Waals surface area contributed by atoms with Crippen LogP contribution in [0.4, 0.5) is 5.69 Å². The molecule has 3 aromatic rings. The van der Waals surface area contributed by atoms with E-state index in [1.807, 2.05) is 0 Å². The minimum absolute atomic E-state index is 0.0416. The molecule has 1 aromatic heterocycles. The molecule has 0 atom stereocenters. The summed E-state index contributed by atoms with van der Waals surface area (Å²) >= 11 is 0. The Morgan fingerprint density at radius 3 is 2.52 bits per heavy atom. The largest absolute Gasteiger partial charge is 0.508 e. The zero-order chi connectivity index (χ0) is 21.0. The second-order valence-corrected chi connectivity index (χ2v) is 6.08. The molecule has 2 aromatic carbocycles. The molecule has 29 heavy (non-hydrogen) atoms. The molecule has 0 radical (unpaired) electrons. The van der Waals surface area contributed by atoms with Gasteiger partial charge < -0.3 is 30.1 Å². The van der Waals surface area contributed by atoms with Gasteiger partial charge in [-0.25, -0.2) is 0 Å². The number of rotatable bonds is 6. The van der Waals surface area contributed by atoms with Gasteiger partial charge in [-0.1, -0.05) is 5.16 Å². The Hall–Kier alpha value is -4.01. The van der Waals surface area contributed by atoms with E-state index in [0.29, 0.717) is 18.0 Å². The predicted octanol–water partition coefficient (Wildman–Crippen LogP) is 3.25. The number of anilines is 1. The first kappa shape index (κ1) is 19.7. The standard InChI is InChI=1S/C20H19N3O6/c1-3-21-20(27)15-10-18(29-23-15)19-16(26)8-13(25)9-17(19)28-14-6-4-12(5-7-14)22-11(2)24/h4-10,25-26H,3H2,1-2H3,(H,21,27)(H,22,24). The number of phenolic OH excluding ortho intramolecular Hbond substituents is 2. The highest BCUT2D eigenvalue weighted by Crippen LogP contribution is 2.43. The van der Waals surface area contributed by atoms with Crippen molar-refractivity contribution in [3.63, 3.8) is 0 Å². The minimum atomic E-state index is -0.420. The van der Waals surface area contributed by atoms with Gasteiger partial charge in [0.15, 0.2) is 11.5 Å². The average Bonchev–Trinajstić information content (AvgIpc) is 3.12. The lowest BCUT2D eigenvalue weighted by atomic mass is 10.1. The molecule has 0 spiro atoms. The molecular formula is C20H19N3O6. The summed E-state index contributed by atoms with van der Waals surface area (Å²) in [4.78, 5) is 23.0. The van der Waals surface area contributed by atoms with Crippen molar-refractivity contribution in [2.24, 2.45) is 0 Å². The smallest absolute Gasteiger partial charge is 0.273 e. The summed E-state index contributed by atoms with van der Waals surface area (Å²) in [7, 11) is 0. The van der Waals surface area contributed by atoms with Crippen molar-refractivity contribution in [1.82, 2.24) is 10.5 Å². The zero-order valence-electron chi connectivity index (χ0n) is 15.7. The molecule has 0 fully saturated rings. The first-order chi connectivity index (χ1) is 13.9. The number of aromatic nitrogens is 1. The second kappa shape index (κ2) is 8.34. The van der Waals surface area contributed by atoms with Crippen molar-refractivity contribution in [2.45, 2.75) is 13.8 Å². The molecule has 0 unspecified atom stereocenters. The van der Waals surface area contributed by atoms with Crippen LogP contribution in [0, 0.1) is 0 Å². The zero-order valence-corrected chi connectivity index (χ0v) is 15.7. The van der Waals surface area contributed by atoms with E-state index in [1.54, 1.807) is 31.2 Å².